The molecule has 0 aliphatic carbocycles. The molecule has 1 saturated heterocycles. The van der Waals surface area contributed by atoms with Crippen LogP contribution in [-0.2, 0) is 20.9 Å². The minimum Gasteiger partial charge on any atom is -0.420 e. The Labute approximate surface area is 93.1 Å². The Kier molecular flexibility index (Phi) is 2.72. The molecule has 0 bridgehead atoms. The van der Waals surface area contributed by atoms with Crippen molar-refractivity contribution in [3.05, 3.63) is 48.2 Å². The minimum absolute atomic E-state index is 0.0211. The van der Waals surface area contributed by atoms with Gasteiger partial charge in [0.2, 0.25) is 0 Å². The summed E-state index contributed by atoms with van der Waals surface area (Å²) in [5.74, 6) is -0.879. The fourth-order valence-electron chi connectivity index (χ4n) is 1.55. The summed E-state index contributed by atoms with van der Waals surface area (Å²) in [6.45, 7) is 3.78. The topological polar surface area (TPSA) is 46.6 Å². The Morgan fingerprint density at radius 1 is 1.25 bits per heavy atom. The summed E-state index contributed by atoms with van der Waals surface area (Å²) in [5, 5.41) is 0. The van der Waals surface area contributed by atoms with Crippen LogP contribution in [0.4, 0.5) is 0 Å². The van der Waals surface area contributed by atoms with E-state index in [0.717, 1.165) is 5.56 Å². The average Bonchev–Trinajstić information content (AvgIpc) is 2.27. The second-order valence-electron chi connectivity index (χ2n) is 3.54. The van der Waals surface area contributed by atoms with Gasteiger partial charge in [-0.3, -0.25) is 4.79 Å². The number of amides is 1. The zero-order valence-electron chi connectivity index (χ0n) is 8.68. The van der Waals surface area contributed by atoms with Crippen molar-refractivity contribution < 1.29 is 14.3 Å². The van der Waals surface area contributed by atoms with E-state index in [0.29, 0.717) is 6.54 Å². The molecule has 1 fully saturated rings. The molecule has 1 aliphatic heterocycles. The van der Waals surface area contributed by atoms with Gasteiger partial charge in [-0.1, -0.05) is 36.9 Å². The number of ether oxygens (including phenoxy) is 1. The van der Waals surface area contributed by atoms with Crippen LogP contribution in [-0.4, -0.2) is 23.3 Å². The van der Waals surface area contributed by atoms with Gasteiger partial charge in [0, 0.05) is 6.54 Å². The van der Waals surface area contributed by atoms with E-state index in [9.17, 15) is 9.59 Å². The number of benzene rings is 1. The van der Waals surface area contributed by atoms with E-state index >= 15 is 0 Å². The highest BCUT2D eigenvalue weighted by Crippen LogP contribution is 2.13. The average molecular weight is 217 g/mol. The quantitative estimate of drug-likeness (QED) is 0.550. The van der Waals surface area contributed by atoms with E-state index in [4.69, 9.17) is 0 Å². The van der Waals surface area contributed by atoms with Crippen molar-refractivity contribution in [3.8, 4) is 0 Å². The molecule has 0 atom stereocenters. The standard InChI is InChI=1S/C12H11NO3/c1-9-12(15)13(8-11(14)16-9)7-10-5-3-2-4-6-10/h2-6H,1,7-8H2. The van der Waals surface area contributed by atoms with Crippen molar-refractivity contribution in [3.63, 3.8) is 0 Å². The lowest BCUT2D eigenvalue weighted by atomic mass is 10.2. The van der Waals surface area contributed by atoms with E-state index < -0.39 is 5.97 Å². The highest BCUT2D eigenvalue weighted by Gasteiger charge is 2.28. The van der Waals surface area contributed by atoms with Crippen LogP contribution in [0.15, 0.2) is 42.7 Å². The Bertz CT molecular complexity index is 439. The van der Waals surface area contributed by atoms with E-state index in [1.165, 1.54) is 4.90 Å². The third-order valence-corrected chi connectivity index (χ3v) is 2.30. The van der Waals surface area contributed by atoms with Gasteiger partial charge in [0.05, 0.1) is 0 Å². The van der Waals surface area contributed by atoms with Crippen molar-refractivity contribution >= 4 is 11.9 Å². The third kappa shape index (κ3) is 2.11. The summed E-state index contributed by atoms with van der Waals surface area (Å²) in [4.78, 5) is 24.2. The molecule has 2 rings (SSSR count). The normalized spacial score (nSPS) is 16.2. The summed E-state index contributed by atoms with van der Waals surface area (Å²) < 4.78 is 4.64. The van der Waals surface area contributed by atoms with Gasteiger partial charge in [-0.2, -0.15) is 0 Å². The van der Waals surface area contributed by atoms with Crippen LogP contribution in [0.3, 0.4) is 0 Å². The van der Waals surface area contributed by atoms with Crippen molar-refractivity contribution in [2.45, 2.75) is 6.54 Å². The monoisotopic (exact) mass is 217 g/mol. The highest BCUT2D eigenvalue weighted by atomic mass is 16.5. The first-order valence-corrected chi connectivity index (χ1v) is 4.89. The lowest BCUT2D eigenvalue weighted by Gasteiger charge is -2.26. The number of hydrogen-bond acceptors (Lipinski definition) is 3. The lowest BCUT2D eigenvalue weighted by molar-refractivity contribution is -0.155. The molecule has 1 amide bonds. The van der Waals surface area contributed by atoms with Gasteiger partial charge < -0.3 is 9.64 Å². The number of rotatable bonds is 2. The van der Waals surface area contributed by atoms with Crippen molar-refractivity contribution in [2.24, 2.45) is 0 Å². The van der Waals surface area contributed by atoms with Crippen LogP contribution < -0.4 is 0 Å². The predicted octanol–water partition coefficient (Wildman–Crippen LogP) is 1.09. The first kappa shape index (κ1) is 10.4. The predicted molar refractivity (Wildman–Crippen MR) is 57.1 cm³/mol. The van der Waals surface area contributed by atoms with Crippen molar-refractivity contribution in [1.29, 1.82) is 0 Å². The summed E-state index contributed by atoms with van der Waals surface area (Å²) in [7, 11) is 0. The third-order valence-electron chi connectivity index (χ3n) is 2.30. The number of morpholine rings is 1. The minimum atomic E-state index is -0.444. The molecular formula is C12H11NO3. The Morgan fingerprint density at radius 3 is 2.62 bits per heavy atom. The number of carbonyl (C=O) groups is 2. The molecule has 0 radical (unpaired) electrons. The number of hydrogen-bond donors (Lipinski definition) is 0. The number of esters is 1. The molecule has 4 heteroatoms. The van der Waals surface area contributed by atoms with Crippen LogP contribution >= 0.6 is 0 Å². The maximum absolute atomic E-state index is 11.6. The van der Waals surface area contributed by atoms with Gasteiger partial charge in [-0.15, -0.1) is 0 Å². The molecule has 4 nitrogen and oxygen atoms in total. The molecular weight excluding hydrogens is 206 g/mol. The Balaban J connectivity index is 2.12. The molecule has 1 heterocycles. The second kappa shape index (κ2) is 4.18. The van der Waals surface area contributed by atoms with E-state index in [1.807, 2.05) is 30.3 Å². The highest BCUT2D eigenvalue weighted by molar-refractivity contribution is 5.98. The van der Waals surface area contributed by atoms with Crippen LogP contribution in [0, 0.1) is 0 Å². The molecule has 16 heavy (non-hydrogen) atoms. The summed E-state index contributed by atoms with van der Waals surface area (Å²) in [5.41, 5.74) is 0.971. The molecule has 0 aromatic heterocycles. The number of nitrogens with zero attached hydrogens (tertiary/aromatic N) is 1. The fraction of sp³-hybridized carbons (Fsp3) is 0.167. The van der Waals surface area contributed by atoms with E-state index in [-0.39, 0.29) is 18.2 Å². The van der Waals surface area contributed by atoms with Crippen molar-refractivity contribution in [2.75, 3.05) is 6.54 Å². The maximum Gasteiger partial charge on any atom is 0.331 e. The first-order chi connectivity index (χ1) is 7.66. The zero-order chi connectivity index (χ0) is 11.5. The van der Waals surface area contributed by atoms with Gasteiger partial charge >= 0.3 is 5.97 Å². The number of carbonyl (C=O) groups excluding carboxylic acids is 2. The molecule has 0 unspecified atom stereocenters. The van der Waals surface area contributed by atoms with Crippen LogP contribution in [0.2, 0.25) is 0 Å². The summed E-state index contributed by atoms with van der Waals surface area (Å²) in [6.07, 6.45) is 0. The molecule has 0 spiro atoms. The van der Waals surface area contributed by atoms with Crippen LogP contribution in [0.25, 0.3) is 0 Å². The smallest absolute Gasteiger partial charge is 0.331 e. The molecule has 0 N–H and O–H groups in total. The molecule has 82 valence electrons. The number of cyclic esters (lactones) is 1. The molecule has 0 saturated carbocycles. The fourth-order valence-corrected chi connectivity index (χ4v) is 1.55. The van der Waals surface area contributed by atoms with Crippen molar-refractivity contribution in [1.82, 2.24) is 4.90 Å². The van der Waals surface area contributed by atoms with E-state index in [2.05, 4.69) is 11.3 Å². The molecule has 1 aromatic carbocycles. The van der Waals surface area contributed by atoms with Crippen LogP contribution in [0.1, 0.15) is 5.56 Å². The SMILES string of the molecule is C=C1OC(=O)CN(Cc2ccccc2)C1=O. The van der Waals surface area contributed by atoms with Gasteiger partial charge in [-0.05, 0) is 5.56 Å². The lowest BCUT2D eigenvalue weighted by Crippen LogP contribution is -2.42. The summed E-state index contributed by atoms with van der Waals surface area (Å²) >= 11 is 0. The molecule has 1 aromatic rings. The van der Waals surface area contributed by atoms with Gasteiger partial charge in [-0.25, -0.2) is 4.79 Å². The van der Waals surface area contributed by atoms with Gasteiger partial charge in [0.25, 0.3) is 5.91 Å². The van der Waals surface area contributed by atoms with Gasteiger partial charge in [0.15, 0.2) is 5.76 Å². The maximum atomic E-state index is 11.6. The Morgan fingerprint density at radius 2 is 1.94 bits per heavy atom. The van der Waals surface area contributed by atoms with Gasteiger partial charge in [0.1, 0.15) is 6.54 Å². The zero-order valence-corrected chi connectivity index (χ0v) is 8.68. The van der Waals surface area contributed by atoms with E-state index in [1.54, 1.807) is 0 Å². The largest absolute Gasteiger partial charge is 0.420 e. The molecule has 1 aliphatic rings. The van der Waals surface area contributed by atoms with Crippen LogP contribution in [0.5, 0.6) is 0 Å². The Hall–Kier alpha value is -2.10. The first-order valence-electron chi connectivity index (χ1n) is 4.89. The second-order valence-corrected chi connectivity index (χ2v) is 3.54. The summed E-state index contributed by atoms with van der Waals surface area (Å²) in [6, 6.07) is 9.47.